The van der Waals surface area contributed by atoms with Crippen molar-refractivity contribution in [3.05, 3.63) is 134 Å². The van der Waals surface area contributed by atoms with Gasteiger partial charge in [0, 0.05) is 22.5 Å². The van der Waals surface area contributed by atoms with Gasteiger partial charge >= 0.3 is 0 Å². The molecule has 2 heterocycles. The molecule has 63 heavy (non-hydrogen) atoms. The number of halogens is 4. The summed E-state index contributed by atoms with van der Waals surface area (Å²) in [5.74, 6) is -0.783. The number of benzene rings is 4. The molecule has 0 saturated heterocycles. The Morgan fingerprint density at radius 3 is 1.63 bits per heavy atom. The third kappa shape index (κ3) is 11.0. The molecule has 0 amide bonds. The van der Waals surface area contributed by atoms with Crippen molar-refractivity contribution in [3.8, 4) is 28.7 Å². The van der Waals surface area contributed by atoms with Gasteiger partial charge in [-0.3, -0.25) is 0 Å². The van der Waals surface area contributed by atoms with Gasteiger partial charge in [-0.25, -0.2) is 18.5 Å². The maximum absolute atomic E-state index is 13.8. The minimum atomic E-state index is -2.13. The zero-order chi connectivity index (χ0) is 46.6. The second-order valence-corrected chi connectivity index (χ2v) is 22.0. The van der Waals surface area contributed by atoms with Crippen molar-refractivity contribution in [1.82, 2.24) is 20.4 Å². The van der Waals surface area contributed by atoms with Gasteiger partial charge in [-0.05, 0) is 118 Å². The minimum Gasteiger partial charge on any atom is -0.505 e. The Morgan fingerprint density at radius 2 is 1.19 bits per heavy atom. The predicted octanol–water partition coefficient (Wildman–Crippen LogP) is 12.9. The van der Waals surface area contributed by atoms with Crippen molar-refractivity contribution >= 4 is 54.3 Å². The molecule has 0 aliphatic heterocycles. The predicted molar refractivity (Wildman–Crippen MR) is 243 cm³/mol. The second-order valence-electron chi connectivity index (χ2n) is 16.5. The van der Waals surface area contributed by atoms with Crippen LogP contribution in [-0.4, -0.2) is 51.1 Å². The van der Waals surface area contributed by atoms with Gasteiger partial charge < -0.3 is 34.1 Å². The lowest BCUT2D eigenvalue weighted by Gasteiger charge is -2.40. The van der Waals surface area contributed by atoms with E-state index in [-0.39, 0.29) is 28.7 Å². The Kier molecular flexibility index (Phi) is 15.0. The second kappa shape index (κ2) is 19.7. The van der Waals surface area contributed by atoms with Gasteiger partial charge in [0.05, 0.1) is 35.4 Å². The lowest BCUT2D eigenvalue weighted by Crippen LogP contribution is -2.45. The van der Waals surface area contributed by atoms with Gasteiger partial charge in [0.1, 0.15) is 17.9 Å². The number of nitrogens with one attached hydrogen (secondary N) is 2. The van der Waals surface area contributed by atoms with Crippen LogP contribution in [0.3, 0.4) is 0 Å². The summed E-state index contributed by atoms with van der Waals surface area (Å²) in [6, 6.07) is 13.8. The Bertz CT molecular complexity index is 2690. The molecule has 0 bridgehead atoms. The summed E-state index contributed by atoms with van der Waals surface area (Å²) in [5, 5.41) is 43.4. The quantitative estimate of drug-likeness (QED) is 0.0683. The van der Waals surface area contributed by atoms with Crippen molar-refractivity contribution in [1.29, 1.82) is 0 Å². The van der Waals surface area contributed by atoms with Crippen LogP contribution in [0.1, 0.15) is 75.2 Å². The Hall–Kier alpha value is -5.88. The highest BCUT2D eigenvalue weighted by molar-refractivity contribution is 6.74. The summed E-state index contributed by atoms with van der Waals surface area (Å²) < 4.78 is 45.4. The molecule has 0 spiro atoms. The lowest BCUT2D eigenvalue weighted by atomic mass is 10.1. The third-order valence-corrected chi connectivity index (χ3v) is 16.4. The highest BCUT2D eigenvalue weighted by Crippen LogP contribution is 2.41. The van der Waals surface area contributed by atoms with Crippen LogP contribution in [0.4, 0.5) is 31.5 Å². The smallest absolute Gasteiger partial charge is 0.248 e. The molecule has 2 unspecified atom stereocenters. The molecule has 4 aromatic carbocycles. The van der Waals surface area contributed by atoms with E-state index in [0.717, 1.165) is 17.3 Å². The Morgan fingerprint density at radius 1 is 0.730 bits per heavy atom. The highest BCUT2D eigenvalue weighted by Gasteiger charge is 2.41. The number of anilines is 2. The molecule has 6 rings (SSSR count). The van der Waals surface area contributed by atoms with Crippen LogP contribution in [0.15, 0.2) is 69.5 Å². The molecule has 2 aromatic heterocycles. The van der Waals surface area contributed by atoms with Crippen molar-refractivity contribution in [3.63, 3.8) is 0 Å². The first-order valence-corrected chi connectivity index (χ1v) is 23.4. The summed E-state index contributed by atoms with van der Waals surface area (Å²) in [5.41, 5.74) is 4.93. The molecular weight excluding hydrogens is 870 g/mol. The van der Waals surface area contributed by atoms with E-state index in [1.54, 1.807) is 51.1 Å². The zero-order valence-corrected chi connectivity index (χ0v) is 38.9. The van der Waals surface area contributed by atoms with Crippen molar-refractivity contribution in [2.45, 2.75) is 97.8 Å². The van der Waals surface area contributed by atoms with Crippen LogP contribution in [0.2, 0.25) is 28.2 Å². The number of hydrogen-bond acceptors (Lipinski definition) is 11. The number of aromatic nitrogens is 4. The first kappa shape index (κ1) is 48.2. The summed E-state index contributed by atoms with van der Waals surface area (Å²) in [7, 11) is -2.13. The van der Waals surface area contributed by atoms with E-state index in [1.807, 2.05) is 19.9 Å². The topological polar surface area (TPSA) is 160 Å². The maximum atomic E-state index is 13.8. The van der Waals surface area contributed by atoms with E-state index < -0.39 is 38.1 Å². The molecule has 13 nitrogen and oxygen atoms in total. The Balaban J connectivity index is 0.000000243. The van der Waals surface area contributed by atoms with E-state index in [1.165, 1.54) is 18.2 Å². The van der Waals surface area contributed by atoms with Crippen LogP contribution in [0, 0.1) is 45.5 Å². The summed E-state index contributed by atoms with van der Waals surface area (Å²) >= 11 is 12.6. The SMILES string of the molecule is [C-]#[N+]c1ccc(NC(c2nnc(-c3ccc(F)c(C)c3)o2)[C@@H](C)O[Si](C)(C)C(C)(C)C)c(C)c1Cl.[C-]#[N+]c1ccc(NC(c2nnc(-c3ccc(F)c(O)c3)o2)[C@@H](C)O)c(C)c1Cl. The number of nitrogens with zero attached hydrogens (tertiary/aromatic N) is 6. The van der Waals surface area contributed by atoms with Gasteiger partial charge in [-0.2, -0.15) is 0 Å². The summed E-state index contributed by atoms with van der Waals surface area (Å²) in [6.45, 7) is 34.2. The fourth-order valence-electron chi connectivity index (χ4n) is 6.02. The van der Waals surface area contributed by atoms with Crippen LogP contribution >= 0.6 is 23.2 Å². The van der Waals surface area contributed by atoms with Crippen LogP contribution < -0.4 is 10.6 Å². The number of aliphatic hydroxyl groups is 1. The van der Waals surface area contributed by atoms with Crippen LogP contribution in [-0.2, 0) is 4.43 Å². The molecule has 6 aromatic rings. The molecule has 0 aliphatic carbocycles. The normalized spacial score (nSPS) is 13.5. The van der Waals surface area contributed by atoms with Crippen molar-refractivity contribution in [2.24, 2.45) is 0 Å². The van der Waals surface area contributed by atoms with E-state index in [9.17, 15) is 19.0 Å². The number of phenols is 1. The zero-order valence-electron chi connectivity index (χ0n) is 36.4. The molecule has 0 fully saturated rings. The van der Waals surface area contributed by atoms with Gasteiger partial charge in [0.2, 0.25) is 34.9 Å². The van der Waals surface area contributed by atoms with E-state index in [0.29, 0.717) is 61.1 Å². The summed E-state index contributed by atoms with van der Waals surface area (Å²) in [6.07, 6.45) is -1.23. The number of phenolic OH excluding ortho intramolecular Hbond substituents is 1. The first-order chi connectivity index (χ1) is 29.6. The largest absolute Gasteiger partial charge is 0.505 e. The summed E-state index contributed by atoms with van der Waals surface area (Å²) in [4.78, 5) is 6.82. The third-order valence-electron chi connectivity index (χ3n) is 10.8. The molecule has 4 N–H and O–H groups in total. The Labute approximate surface area is 376 Å². The van der Waals surface area contributed by atoms with E-state index in [2.05, 4.69) is 74.6 Å². The maximum Gasteiger partial charge on any atom is 0.248 e. The van der Waals surface area contributed by atoms with Gasteiger partial charge in [-0.1, -0.05) is 56.1 Å². The van der Waals surface area contributed by atoms with Crippen LogP contribution in [0.25, 0.3) is 32.6 Å². The average molecular weight is 918 g/mol. The molecule has 0 aliphatic rings. The molecule has 18 heteroatoms. The number of aromatic hydroxyl groups is 1. The minimum absolute atomic E-state index is 0.00789. The standard InChI is InChI=1S/C26H32ClFN4O2Si.C19H16ClFN4O3/c1-15-14-18(10-11-19(15)28)24-31-32-25(33-24)23(17(3)34-35(8,9)26(4,5)6)30-20-12-13-21(29-7)22(27)16(20)2;1-9-13(6-7-14(22-3)16(9)20)23-17(10(2)26)19-25-24-18(28-19)11-4-5-12(21)15(27)8-11/h10-14,17,23,30H,1-6,8-9H3;4-8,10,17,23,26-27H,1-2H3/t17-,23?;10-,17?/m11/s1. The van der Waals surface area contributed by atoms with E-state index in [4.69, 9.17) is 49.6 Å². The number of aryl methyl sites for hydroxylation is 1. The average Bonchev–Trinajstić information content (AvgIpc) is 3.92. The fraction of sp³-hybridized carbons (Fsp3) is 0.333. The lowest BCUT2D eigenvalue weighted by molar-refractivity contribution is 0.159. The first-order valence-electron chi connectivity index (χ1n) is 19.7. The van der Waals surface area contributed by atoms with Crippen molar-refractivity contribution in [2.75, 3.05) is 10.6 Å². The highest BCUT2D eigenvalue weighted by atomic mass is 35.5. The van der Waals surface area contributed by atoms with E-state index >= 15 is 0 Å². The fourth-order valence-corrected chi connectivity index (χ4v) is 7.85. The number of aliphatic hydroxyl groups excluding tert-OH is 1. The number of hydrogen-bond donors (Lipinski definition) is 4. The van der Waals surface area contributed by atoms with Gasteiger partial charge in [-0.15, -0.1) is 20.4 Å². The van der Waals surface area contributed by atoms with Crippen molar-refractivity contribution < 1.29 is 32.3 Å². The molecule has 0 radical (unpaired) electrons. The monoisotopic (exact) mass is 916 g/mol. The molecule has 4 atom stereocenters. The molecular formula is C45H48Cl2F2N8O5Si. The van der Waals surface area contributed by atoms with Gasteiger partial charge in [0.15, 0.2) is 19.9 Å². The number of rotatable bonds is 12. The molecule has 330 valence electrons. The molecule has 0 saturated carbocycles. The van der Waals surface area contributed by atoms with Gasteiger partial charge in [0.25, 0.3) is 0 Å². The van der Waals surface area contributed by atoms with Crippen LogP contribution in [0.5, 0.6) is 5.75 Å².